The van der Waals surface area contributed by atoms with Gasteiger partial charge in [0, 0.05) is 19.0 Å². The third kappa shape index (κ3) is 0.681. The normalized spacial score (nSPS) is 31.6. The fourth-order valence-electron chi connectivity index (χ4n) is 1.86. The highest BCUT2D eigenvalue weighted by Crippen LogP contribution is 2.30. The maximum Gasteiger partial charge on any atom is 0.223 e. The van der Waals surface area contributed by atoms with Crippen LogP contribution in [0.15, 0.2) is 12.2 Å². The largest absolute Gasteiger partial charge is 0.335 e. The Balaban J connectivity index is 2.19. The summed E-state index contributed by atoms with van der Waals surface area (Å²) in [6.07, 6.45) is 2.86. The monoisotopic (exact) mass is 137 g/mol. The number of hydrogen-bond donors (Lipinski definition) is 0. The van der Waals surface area contributed by atoms with Gasteiger partial charge in [-0.3, -0.25) is 4.79 Å². The van der Waals surface area contributed by atoms with Gasteiger partial charge >= 0.3 is 0 Å². The zero-order valence-electron chi connectivity index (χ0n) is 5.97. The van der Waals surface area contributed by atoms with E-state index in [0.717, 1.165) is 25.8 Å². The zero-order valence-corrected chi connectivity index (χ0v) is 5.97. The van der Waals surface area contributed by atoms with E-state index in [-0.39, 0.29) is 0 Å². The van der Waals surface area contributed by atoms with Gasteiger partial charge in [0.05, 0.1) is 0 Å². The molecule has 0 spiro atoms. The van der Waals surface area contributed by atoms with Gasteiger partial charge in [-0.2, -0.15) is 0 Å². The Morgan fingerprint density at radius 2 is 2.40 bits per heavy atom. The maximum absolute atomic E-state index is 11.1. The van der Waals surface area contributed by atoms with Gasteiger partial charge in [-0.05, 0) is 12.8 Å². The molecule has 2 heteroatoms. The first-order chi connectivity index (χ1) is 4.77. The van der Waals surface area contributed by atoms with Crippen LogP contribution in [0.3, 0.4) is 0 Å². The van der Waals surface area contributed by atoms with Gasteiger partial charge in [-0.15, -0.1) is 0 Å². The van der Waals surface area contributed by atoms with E-state index in [0.29, 0.717) is 11.9 Å². The van der Waals surface area contributed by atoms with Crippen molar-refractivity contribution in [2.75, 3.05) is 6.54 Å². The number of fused-ring (bicyclic) bond motifs is 1. The van der Waals surface area contributed by atoms with Crippen molar-refractivity contribution in [3.05, 3.63) is 12.2 Å². The second-order valence-corrected chi connectivity index (χ2v) is 3.17. The number of carbonyl (C=O) groups is 1. The Kier molecular flexibility index (Phi) is 1.10. The molecule has 54 valence electrons. The van der Waals surface area contributed by atoms with Crippen molar-refractivity contribution in [3.8, 4) is 0 Å². The Morgan fingerprint density at radius 1 is 1.60 bits per heavy atom. The van der Waals surface area contributed by atoms with E-state index in [1.807, 2.05) is 4.90 Å². The quantitative estimate of drug-likeness (QED) is 0.455. The lowest BCUT2D eigenvalue weighted by Gasteiger charge is -2.12. The topological polar surface area (TPSA) is 20.3 Å². The molecule has 10 heavy (non-hydrogen) atoms. The molecule has 2 aliphatic rings. The van der Waals surface area contributed by atoms with Crippen LogP contribution >= 0.6 is 0 Å². The highest BCUT2D eigenvalue weighted by Gasteiger charge is 2.35. The molecular weight excluding hydrogens is 126 g/mol. The highest BCUT2D eigenvalue weighted by atomic mass is 16.2. The van der Waals surface area contributed by atoms with Crippen LogP contribution in [0.2, 0.25) is 0 Å². The lowest BCUT2D eigenvalue weighted by molar-refractivity contribution is -0.127. The first-order valence-electron chi connectivity index (χ1n) is 3.73. The van der Waals surface area contributed by atoms with Crippen molar-refractivity contribution in [2.45, 2.75) is 25.3 Å². The molecule has 0 unspecified atom stereocenters. The highest BCUT2D eigenvalue weighted by molar-refractivity contribution is 5.79. The van der Waals surface area contributed by atoms with E-state index in [4.69, 9.17) is 0 Å². The smallest absolute Gasteiger partial charge is 0.223 e. The molecule has 2 heterocycles. The number of carbonyl (C=O) groups excluding carboxylic acids is 1. The van der Waals surface area contributed by atoms with E-state index in [1.165, 1.54) is 5.57 Å². The number of amides is 1. The summed E-state index contributed by atoms with van der Waals surface area (Å²) in [5, 5.41) is 0. The average Bonchev–Trinajstić information content (AvgIpc) is 2.35. The summed E-state index contributed by atoms with van der Waals surface area (Å²) in [4.78, 5) is 13.0. The molecule has 2 saturated heterocycles. The summed E-state index contributed by atoms with van der Waals surface area (Å²) in [7, 11) is 0. The summed E-state index contributed by atoms with van der Waals surface area (Å²) < 4.78 is 0. The minimum atomic E-state index is 0.323. The summed E-state index contributed by atoms with van der Waals surface area (Å²) in [5.74, 6) is 0.323. The molecule has 1 atom stereocenters. The summed E-state index contributed by atoms with van der Waals surface area (Å²) >= 11 is 0. The van der Waals surface area contributed by atoms with Crippen LogP contribution in [-0.2, 0) is 4.79 Å². The van der Waals surface area contributed by atoms with Crippen LogP contribution in [0.4, 0.5) is 0 Å². The Bertz CT molecular complexity index is 197. The van der Waals surface area contributed by atoms with E-state index in [9.17, 15) is 4.79 Å². The van der Waals surface area contributed by atoms with Gasteiger partial charge in [0.1, 0.15) is 0 Å². The Hall–Kier alpha value is -0.790. The van der Waals surface area contributed by atoms with Gasteiger partial charge in [-0.25, -0.2) is 0 Å². The van der Waals surface area contributed by atoms with E-state index < -0.39 is 0 Å². The van der Waals surface area contributed by atoms with Gasteiger partial charge in [0.15, 0.2) is 0 Å². The molecule has 0 aromatic rings. The van der Waals surface area contributed by atoms with Crippen LogP contribution in [0, 0.1) is 0 Å². The predicted octanol–water partition coefficient (Wildman–Crippen LogP) is 0.937. The van der Waals surface area contributed by atoms with Crippen LogP contribution < -0.4 is 0 Å². The van der Waals surface area contributed by atoms with Crippen molar-refractivity contribution in [1.82, 2.24) is 4.90 Å². The minimum Gasteiger partial charge on any atom is -0.335 e. The minimum absolute atomic E-state index is 0.323. The molecule has 0 radical (unpaired) electrons. The predicted molar refractivity (Wildman–Crippen MR) is 38.5 cm³/mol. The van der Waals surface area contributed by atoms with Crippen LogP contribution in [0.5, 0.6) is 0 Å². The lowest BCUT2D eigenvalue weighted by atomic mass is 10.1. The second kappa shape index (κ2) is 1.84. The lowest BCUT2D eigenvalue weighted by Crippen LogP contribution is -2.26. The molecular formula is C8H11NO. The molecule has 2 nitrogen and oxygen atoms in total. The molecule has 1 amide bonds. The van der Waals surface area contributed by atoms with Crippen LogP contribution in [0.1, 0.15) is 19.3 Å². The third-order valence-electron chi connectivity index (χ3n) is 2.37. The molecule has 0 aromatic carbocycles. The zero-order chi connectivity index (χ0) is 7.14. The van der Waals surface area contributed by atoms with Crippen molar-refractivity contribution < 1.29 is 4.79 Å². The van der Waals surface area contributed by atoms with Crippen LogP contribution in [-0.4, -0.2) is 23.4 Å². The van der Waals surface area contributed by atoms with E-state index in [2.05, 4.69) is 6.58 Å². The number of rotatable bonds is 0. The Labute approximate surface area is 60.5 Å². The van der Waals surface area contributed by atoms with Crippen molar-refractivity contribution in [1.29, 1.82) is 0 Å². The Morgan fingerprint density at radius 3 is 3.10 bits per heavy atom. The van der Waals surface area contributed by atoms with Gasteiger partial charge in [0.2, 0.25) is 5.91 Å². The fourth-order valence-corrected chi connectivity index (χ4v) is 1.86. The molecule has 0 bridgehead atoms. The van der Waals surface area contributed by atoms with E-state index in [1.54, 1.807) is 0 Å². The molecule has 0 saturated carbocycles. The van der Waals surface area contributed by atoms with Crippen LogP contribution in [0.25, 0.3) is 0 Å². The summed E-state index contributed by atoms with van der Waals surface area (Å²) in [6, 6.07) is 0.514. The first kappa shape index (κ1) is 5.96. The first-order valence-corrected chi connectivity index (χ1v) is 3.73. The number of nitrogens with zero attached hydrogens (tertiary/aromatic N) is 1. The van der Waals surface area contributed by atoms with Crippen molar-refractivity contribution >= 4 is 5.91 Å². The van der Waals surface area contributed by atoms with E-state index >= 15 is 0 Å². The molecule has 0 aliphatic carbocycles. The van der Waals surface area contributed by atoms with Crippen molar-refractivity contribution in [2.24, 2.45) is 0 Å². The van der Waals surface area contributed by atoms with Gasteiger partial charge < -0.3 is 4.90 Å². The second-order valence-electron chi connectivity index (χ2n) is 3.17. The average molecular weight is 137 g/mol. The van der Waals surface area contributed by atoms with Crippen molar-refractivity contribution in [3.63, 3.8) is 0 Å². The third-order valence-corrected chi connectivity index (χ3v) is 2.37. The maximum atomic E-state index is 11.1. The SMILES string of the molecule is C=C1C[C@H]2CCC(=O)N2C1. The molecule has 2 rings (SSSR count). The molecule has 0 aromatic heterocycles. The summed E-state index contributed by atoms with van der Waals surface area (Å²) in [6.45, 7) is 4.70. The molecule has 0 N–H and O–H groups in total. The number of hydrogen-bond acceptors (Lipinski definition) is 1. The molecule has 2 aliphatic heterocycles. The van der Waals surface area contributed by atoms with Gasteiger partial charge in [-0.1, -0.05) is 12.2 Å². The van der Waals surface area contributed by atoms with Gasteiger partial charge in [0.25, 0.3) is 0 Å². The summed E-state index contributed by atoms with van der Waals surface area (Å²) in [5.41, 5.74) is 1.22. The standard InChI is InChI=1S/C8H11NO/c1-6-4-7-2-3-8(10)9(7)5-6/h7H,1-5H2/t7-/m1/s1. The fraction of sp³-hybridized carbons (Fsp3) is 0.625. The molecule has 2 fully saturated rings.